The molecule has 26 heavy (non-hydrogen) atoms. The van der Waals surface area contributed by atoms with Gasteiger partial charge in [0.15, 0.2) is 5.76 Å². The van der Waals surface area contributed by atoms with Crippen molar-refractivity contribution in [3.8, 4) is 0 Å². The molecule has 3 rings (SSSR count). The van der Waals surface area contributed by atoms with Gasteiger partial charge in [0, 0.05) is 20.4 Å². The van der Waals surface area contributed by atoms with Gasteiger partial charge in [0.1, 0.15) is 5.76 Å². The molecule has 1 aromatic heterocycles. The first-order chi connectivity index (χ1) is 12.5. The summed E-state index contributed by atoms with van der Waals surface area (Å²) in [6.07, 6.45) is 0. The molecule has 1 atom stereocenters. The van der Waals surface area contributed by atoms with E-state index in [0.717, 1.165) is 14.5 Å². The summed E-state index contributed by atoms with van der Waals surface area (Å²) in [6, 6.07) is 18.3. The predicted octanol–water partition coefficient (Wildman–Crippen LogP) is 5.04. The van der Waals surface area contributed by atoms with Gasteiger partial charge in [-0.15, -0.1) is 0 Å². The van der Waals surface area contributed by atoms with E-state index in [2.05, 4.69) is 37.2 Å². The van der Waals surface area contributed by atoms with Crippen molar-refractivity contribution in [2.24, 2.45) is 0 Å². The average Bonchev–Trinajstić information content (AvgIpc) is 3.10. The van der Waals surface area contributed by atoms with Crippen LogP contribution in [0.25, 0.3) is 0 Å². The minimum absolute atomic E-state index is 0.208. The van der Waals surface area contributed by atoms with Gasteiger partial charge < -0.3 is 9.73 Å². The van der Waals surface area contributed by atoms with E-state index in [-0.39, 0.29) is 17.4 Å². The number of carbonyl (C=O) groups is 1. The Balaban J connectivity index is 1.60. The fraction of sp³-hybridized carbons (Fsp3) is 0.105. The first-order valence-electron chi connectivity index (χ1n) is 7.77. The zero-order valence-corrected chi connectivity index (χ0v) is 17.6. The molecule has 0 fully saturated rings. The van der Waals surface area contributed by atoms with Crippen LogP contribution in [-0.2, 0) is 23.1 Å². The number of benzene rings is 2. The molecule has 0 aliphatic carbocycles. The molecule has 1 unspecified atom stereocenters. The van der Waals surface area contributed by atoms with Crippen LogP contribution in [0.1, 0.15) is 21.9 Å². The Bertz CT molecular complexity index is 938. The molecule has 7 heteroatoms. The maximum absolute atomic E-state index is 12.4. The third-order valence-electron chi connectivity index (χ3n) is 3.63. The van der Waals surface area contributed by atoms with Gasteiger partial charge in [0.05, 0.1) is 16.6 Å². The molecule has 3 aromatic rings. The first-order valence-corrected chi connectivity index (χ1v) is 10.7. The lowest BCUT2D eigenvalue weighted by Gasteiger charge is -2.05. The zero-order valence-electron chi connectivity index (χ0n) is 13.6. The molecule has 0 saturated heterocycles. The lowest BCUT2D eigenvalue weighted by Crippen LogP contribution is -2.22. The fourth-order valence-electron chi connectivity index (χ4n) is 2.28. The van der Waals surface area contributed by atoms with Crippen molar-refractivity contribution in [1.82, 2.24) is 5.32 Å². The second-order valence-electron chi connectivity index (χ2n) is 5.48. The third-order valence-corrected chi connectivity index (χ3v) is 6.28. The van der Waals surface area contributed by atoms with E-state index in [1.165, 1.54) is 0 Å². The van der Waals surface area contributed by atoms with Crippen molar-refractivity contribution in [2.45, 2.75) is 17.2 Å². The Morgan fingerprint density at radius 1 is 1.00 bits per heavy atom. The molecule has 1 heterocycles. The van der Waals surface area contributed by atoms with Crippen LogP contribution in [0.4, 0.5) is 0 Å². The normalized spacial score (nSPS) is 11.9. The van der Waals surface area contributed by atoms with Crippen LogP contribution in [-0.4, -0.2) is 10.1 Å². The maximum atomic E-state index is 12.4. The molecule has 0 saturated carbocycles. The number of hydrogen-bond acceptors (Lipinski definition) is 3. The van der Waals surface area contributed by atoms with Gasteiger partial charge in [-0.2, -0.15) is 0 Å². The highest BCUT2D eigenvalue weighted by molar-refractivity contribution is 9.10. The zero-order chi connectivity index (χ0) is 18.5. The van der Waals surface area contributed by atoms with Crippen LogP contribution >= 0.6 is 31.9 Å². The quantitative estimate of drug-likeness (QED) is 0.519. The largest absolute Gasteiger partial charge is 0.455 e. The minimum Gasteiger partial charge on any atom is -0.455 e. The van der Waals surface area contributed by atoms with Crippen LogP contribution in [0.3, 0.4) is 0 Å². The molecule has 2 aromatic carbocycles. The molecule has 0 aliphatic rings. The lowest BCUT2D eigenvalue weighted by atomic mass is 10.2. The first kappa shape index (κ1) is 19.1. The van der Waals surface area contributed by atoms with E-state index < -0.39 is 10.8 Å². The Morgan fingerprint density at radius 2 is 1.73 bits per heavy atom. The standard InChI is InChI=1S/C19H15Br2NO3S/c20-14-5-8-16(9-6-14)26(24)12-15-7-10-18(25-15)19(23)22-11-13-3-1-2-4-17(13)21/h1-10H,11-12H2,(H,22,23). The molecule has 4 nitrogen and oxygen atoms in total. The molecular formula is C19H15Br2NO3S. The van der Waals surface area contributed by atoms with Crippen molar-refractivity contribution >= 4 is 48.6 Å². The molecule has 0 radical (unpaired) electrons. The van der Waals surface area contributed by atoms with Crippen molar-refractivity contribution in [1.29, 1.82) is 0 Å². The fourth-order valence-corrected chi connectivity index (χ4v) is 3.99. The number of halogens is 2. The van der Waals surface area contributed by atoms with E-state index in [0.29, 0.717) is 17.2 Å². The van der Waals surface area contributed by atoms with Gasteiger partial charge in [0.25, 0.3) is 5.91 Å². The molecule has 1 N–H and O–H groups in total. The van der Waals surface area contributed by atoms with Gasteiger partial charge in [-0.1, -0.05) is 50.1 Å². The summed E-state index contributed by atoms with van der Waals surface area (Å²) in [5, 5.41) is 2.82. The highest BCUT2D eigenvalue weighted by atomic mass is 79.9. The van der Waals surface area contributed by atoms with Gasteiger partial charge in [-0.05, 0) is 48.0 Å². The van der Waals surface area contributed by atoms with Crippen molar-refractivity contribution in [3.63, 3.8) is 0 Å². The monoisotopic (exact) mass is 495 g/mol. The molecule has 0 bridgehead atoms. The van der Waals surface area contributed by atoms with E-state index in [4.69, 9.17) is 4.42 Å². The Kier molecular flexibility index (Phi) is 6.45. The number of nitrogens with one attached hydrogen (secondary N) is 1. The summed E-state index contributed by atoms with van der Waals surface area (Å²) < 4.78 is 19.8. The number of furan rings is 1. The highest BCUT2D eigenvalue weighted by Gasteiger charge is 2.14. The summed E-state index contributed by atoms with van der Waals surface area (Å²) in [5.41, 5.74) is 0.976. The Morgan fingerprint density at radius 3 is 2.46 bits per heavy atom. The minimum atomic E-state index is -1.23. The number of carbonyl (C=O) groups excluding carboxylic acids is 1. The van der Waals surface area contributed by atoms with Crippen molar-refractivity contribution < 1.29 is 13.4 Å². The number of amides is 1. The average molecular weight is 497 g/mol. The maximum Gasteiger partial charge on any atom is 0.287 e. The van der Waals surface area contributed by atoms with Gasteiger partial charge >= 0.3 is 0 Å². The summed E-state index contributed by atoms with van der Waals surface area (Å²) in [5.74, 6) is 0.637. The Hall–Kier alpha value is -1.70. The summed E-state index contributed by atoms with van der Waals surface area (Å²) >= 11 is 6.80. The highest BCUT2D eigenvalue weighted by Crippen LogP contribution is 2.18. The van der Waals surface area contributed by atoms with E-state index in [1.54, 1.807) is 24.3 Å². The molecule has 1 amide bonds. The van der Waals surface area contributed by atoms with E-state index >= 15 is 0 Å². The van der Waals surface area contributed by atoms with Crippen LogP contribution < -0.4 is 5.32 Å². The smallest absolute Gasteiger partial charge is 0.287 e. The van der Waals surface area contributed by atoms with E-state index in [1.807, 2.05) is 36.4 Å². The number of rotatable bonds is 6. The van der Waals surface area contributed by atoms with Gasteiger partial charge in [-0.3, -0.25) is 9.00 Å². The Labute approximate surface area is 170 Å². The summed E-state index contributed by atoms with van der Waals surface area (Å²) in [4.78, 5) is 12.9. The number of hydrogen-bond donors (Lipinski definition) is 1. The van der Waals surface area contributed by atoms with Crippen molar-refractivity contribution in [3.05, 3.63) is 86.7 Å². The van der Waals surface area contributed by atoms with Crippen LogP contribution in [0.2, 0.25) is 0 Å². The lowest BCUT2D eigenvalue weighted by molar-refractivity contribution is 0.0921. The summed E-state index contributed by atoms with van der Waals surface area (Å²) in [6.45, 7) is 0.390. The van der Waals surface area contributed by atoms with E-state index in [9.17, 15) is 9.00 Å². The van der Waals surface area contributed by atoms with Gasteiger partial charge in [0.2, 0.25) is 0 Å². The molecule has 0 aliphatic heterocycles. The van der Waals surface area contributed by atoms with Crippen LogP contribution in [0.15, 0.2) is 78.9 Å². The molecule has 134 valence electrons. The second-order valence-corrected chi connectivity index (χ2v) is 8.70. The summed E-state index contributed by atoms with van der Waals surface area (Å²) in [7, 11) is -1.23. The van der Waals surface area contributed by atoms with Crippen LogP contribution in [0.5, 0.6) is 0 Å². The van der Waals surface area contributed by atoms with Gasteiger partial charge in [-0.25, -0.2) is 0 Å². The SMILES string of the molecule is O=C(NCc1ccccc1Br)c1ccc(CS(=O)c2ccc(Br)cc2)o1. The second kappa shape index (κ2) is 8.79. The van der Waals surface area contributed by atoms with Crippen molar-refractivity contribution in [2.75, 3.05) is 0 Å². The predicted molar refractivity (Wildman–Crippen MR) is 108 cm³/mol. The third kappa shape index (κ3) is 4.93. The molecule has 0 spiro atoms. The van der Waals surface area contributed by atoms with Crippen LogP contribution in [0, 0.1) is 0 Å². The topological polar surface area (TPSA) is 59.3 Å². The molecular weight excluding hydrogens is 482 g/mol.